The molecule has 0 aromatic heterocycles. The van der Waals surface area contributed by atoms with E-state index in [0.717, 1.165) is 19.3 Å². The van der Waals surface area contributed by atoms with E-state index in [2.05, 4.69) is 10.6 Å². The van der Waals surface area contributed by atoms with Crippen molar-refractivity contribution in [2.45, 2.75) is 19.3 Å². The molecule has 3 rings (SSSR count). The predicted molar refractivity (Wildman–Crippen MR) is 103 cm³/mol. The van der Waals surface area contributed by atoms with Crippen molar-refractivity contribution in [3.8, 4) is 0 Å². The van der Waals surface area contributed by atoms with Crippen LogP contribution in [0.15, 0.2) is 48.5 Å². The standard InChI is InChI=1S/C21H23F2N3O2/c22-17-5-3-4-16(14-17)20(27)24-11-8-15-9-12-26(13-10-15)21(28)25-19-7-2-1-6-18(19)23/h1-7,14-15H,8-13H2,(H,24,27)(H,25,28). The lowest BCUT2D eigenvalue weighted by atomic mass is 9.93. The van der Waals surface area contributed by atoms with Crippen LogP contribution in [-0.4, -0.2) is 36.5 Å². The van der Waals surface area contributed by atoms with Crippen LogP contribution in [0.25, 0.3) is 0 Å². The molecule has 2 aromatic rings. The smallest absolute Gasteiger partial charge is 0.321 e. The molecule has 7 heteroatoms. The number of piperidine rings is 1. The molecule has 0 radical (unpaired) electrons. The van der Waals surface area contributed by atoms with Crippen molar-refractivity contribution in [1.82, 2.24) is 10.2 Å². The second-order valence-electron chi connectivity index (χ2n) is 6.90. The molecule has 3 amide bonds. The highest BCUT2D eigenvalue weighted by atomic mass is 19.1. The number of carbonyl (C=O) groups excluding carboxylic acids is 2. The number of halogens is 2. The molecule has 0 spiro atoms. The SMILES string of the molecule is O=C(NCCC1CCN(C(=O)Nc2ccccc2F)CC1)c1cccc(F)c1. The summed E-state index contributed by atoms with van der Waals surface area (Å²) in [4.78, 5) is 26.0. The quantitative estimate of drug-likeness (QED) is 0.814. The lowest BCUT2D eigenvalue weighted by molar-refractivity contribution is 0.0949. The normalized spacial score (nSPS) is 14.6. The largest absolute Gasteiger partial charge is 0.352 e. The third-order valence-electron chi connectivity index (χ3n) is 4.94. The summed E-state index contributed by atoms with van der Waals surface area (Å²) in [6.07, 6.45) is 2.44. The van der Waals surface area contributed by atoms with E-state index in [-0.39, 0.29) is 17.6 Å². The van der Waals surface area contributed by atoms with Crippen LogP contribution in [0.4, 0.5) is 19.3 Å². The van der Waals surface area contributed by atoms with Crippen LogP contribution in [-0.2, 0) is 0 Å². The molecule has 2 N–H and O–H groups in total. The molecule has 1 heterocycles. The van der Waals surface area contributed by atoms with Crippen molar-refractivity contribution in [3.05, 3.63) is 65.7 Å². The Bertz CT molecular complexity index is 836. The molecule has 1 aliphatic rings. The van der Waals surface area contributed by atoms with Crippen LogP contribution in [0.2, 0.25) is 0 Å². The maximum absolute atomic E-state index is 13.6. The first kappa shape index (κ1) is 19.8. The Morgan fingerprint density at radius 3 is 2.50 bits per heavy atom. The number of amides is 3. The van der Waals surface area contributed by atoms with Gasteiger partial charge < -0.3 is 15.5 Å². The minimum absolute atomic E-state index is 0.176. The highest BCUT2D eigenvalue weighted by Gasteiger charge is 2.23. The molecule has 0 saturated carbocycles. The Labute approximate surface area is 162 Å². The molecule has 1 aliphatic heterocycles. The minimum Gasteiger partial charge on any atom is -0.352 e. The number of benzene rings is 2. The van der Waals surface area contributed by atoms with Crippen molar-refractivity contribution in [2.24, 2.45) is 5.92 Å². The summed E-state index contributed by atoms with van der Waals surface area (Å²) in [6, 6.07) is 11.4. The van der Waals surface area contributed by atoms with Crippen LogP contribution in [0.5, 0.6) is 0 Å². The summed E-state index contributed by atoms with van der Waals surface area (Å²) in [7, 11) is 0. The van der Waals surface area contributed by atoms with Gasteiger partial charge in [0.2, 0.25) is 0 Å². The first-order chi connectivity index (χ1) is 13.5. The fourth-order valence-corrected chi connectivity index (χ4v) is 3.30. The van der Waals surface area contributed by atoms with Crippen LogP contribution in [0, 0.1) is 17.6 Å². The van der Waals surface area contributed by atoms with Crippen molar-refractivity contribution < 1.29 is 18.4 Å². The van der Waals surface area contributed by atoms with Crippen molar-refractivity contribution in [2.75, 3.05) is 25.0 Å². The van der Waals surface area contributed by atoms with Gasteiger partial charge in [-0.1, -0.05) is 18.2 Å². The maximum atomic E-state index is 13.6. The van der Waals surface area contributed by atoms with E-state index in [1.807, 2.05) is 0 Å². The van der Waals surface area contributed by atoms with Crippen molar-refractivity contribution >= 4 is 17.6 Å². The van der Waals surface area contributed by atoms with Gasteiger partial charge in [0.25, 0.3) is 5.91 Å². The summed E-state index contributed by atoms with van der Waals surface area (Å²) in [5.74, 6) is -0.792. The summed E-state index contributed by atoms with van der Waals surface area (Å²) in [6.45, 7) is 1.67. The third kappa shape index (κ3) is 5.28. The van der Waals surface area contributed by atoms with Gasteiger partial charge in [0.1, 0.15) is 11.6 Å². The Morgan fingerprint density at radius 2 is 1.79 bits per heavy atom. The van der Waals surface area contributed by atoms with Gasteiger partial charge in [-0.3, -0.25) is 4.79 Å². The molecule has 148 valence electrons. The second kappa shape index (κ2) is 9.30. The van der Waals surface area contributed by atoms with Crippen LogP contribution >= 0.6 is 0 Å². The first-order valence-corrected chi connectivity index (χ1v) is 9.37. The lowest BCUT2D eigenvalue weighted by Crippen LogP contribution is -2.41. The fraction of sp³-hybridized carbons (Fsp3) is 0.333. The Balaban J connectivity index is 1.39. The Kier molecular flexibility index (Phi) is 6.57. The van der Waals surface area contributed by atoms with Gasteiger partial charge in [0.05, 0.1) is 5.69 Å². The third-order valence-corrected chi connectivity index (χ3v) is 4.94. The van der Waals surface area contributed by atoms with Gasteiger partial charge in [-0.05, 0) is 55.5 Å². The zero-order valence-corrected chi connectivity index (χ0v) is 15.5. The highest BCUT2D eigenvalue weighted by molar-refractivity contribution is 5.94. The number of para-hydroxylation sites is 1. The number of likely N-dealkylation sites (tertiary alicyclic amines) is 1. The number of hydrogen-bond donors (Lipinski definition) is 2. The summed E-state index contributed by atoms with van der Waals surface area (Å²) < 4.78 is 26.8. The molecule has 0 atom stereocenters. The average Bonchev–Trinajstić information content (AvgIpc) is 2.70. The summed E-state index contributed by atoms with van der Waals surface area (Å²) in [5.41, 5.74) is 0.481. The van der Waals surface area contributed by atoms with Gasteiger partial charge in [-0.25, -0.2) is 13.6 Å². The maximum Gasteiger partial charge on any atom is 0.321 e. The predicted octanol–water partition coefficient (Wildman–Crippen LogP) is 4.03. The number of carbonyl (C=O) groups is 2. The van der Waals surface area contributed by atoms with Crippen LogP contribution in [0.1, 0.15) is 29.6 Å². The van der Waals surface area contributed by atoms with Crippen molar-refractivity contribution in [3.63, 3.8) is 0 Å². The molecule has 1 saturated heterocycles. The number of rotatable bonds is 5. The molecule has 0 unspecified atom stereocenters. The number of nitrogens with zero attached hydrogens (tertiary/aromatic N) is 1. The van der Waals surface area contributed by atoms with Gasteiger partial charge in [-0.2, -0.15) is 0 Å². The Hall–Kier alpha value is -2.96. The molecule has 0 bridgehead atoms. The number of urea groups is 1. The summed E-state index contributed by atoms with van der Waals surface area (Å²) in [5, 5.41) is 5.41. The highest BCUT2D eigenvalue weighted by Crippen LogP contribution is 2.21. The van der Waals surface area contributed by atoms with Gasteiger partial charge in [0, 0.05) is 25.2 Å². The van der Waals surface area contributed by atoms with Crippen molar-refractivity contribution in [1.29, 1.82) is 0 Å². The van der Waals surface area contributed by atoms with Crippen LogP contribution < -0.4 is 10.6 Å². The molecule has 2 aromatic carbocycles. The molecule has 1 fully saturated rings. The Morgan fingerprint density at radius 1 is 1.04 bits per heavy atom. The molecule has 0 aliphatic carbocycles. The zero-order valence-electron chi connectivity index (χ0n) is 15.5. The lowest BCUT2D eigenvalue weighted by Gasteiger charge is -2.32. The second-order valence-corrected chi connectivity index (χ2v) is 6.90. The molecular weight excluding hydrogens is 364 g/mol. The molecular formula is C21H23F2N3O2. The number of hydrogen-bond acceptors (Lipinski definition) is 2. The van der Waals surface area contributed by atoms with E-state index < -0.39 is 11.6 Å². The number of nitrogens with one attached hydrogen (secondary N) is 2. The van der Waals surface area contributed by atoms with E-state index in [9.17, 15) is 18.4 Å². The van der Waals surface area contributed by atoms with E-state index in [4.69, 9.17) is 0 Å². The number of anilines is 1. The topological polar surface area (TPSA) is 61.4 Å². The fourth-order valence-electron chi connectivity index (χ4n) is 3.30. The summed E-state index contributed by atoms with van der Waals surface area (Å²) >= 11 is 0. The van der Waals surface area contributed by atoms with E-state index in [1.165, 1.54) is 30.3 Å². The van der Waals surface area contributed by atoms with Crippen LogP contribution in [0.3, 0.4) is 0 Å². The van der Waals surface area contributed by atoms with E-state index >= 15 is 0 Å². The van der Waals surface area contributed by atoms with E-state index in [1.54, 1.807) is 23.1 Å². The average molecular weight is 387 g/mol. The van der Waals surface area contributed by atoms with E-state index in [0.29, 0.717) is 31.1 Å². The monoisotopic (exact) mass is 387 g/mol. The van der Waals surface area contributed by atoms with Gasteiger partial charge in [-0.15, -0.1) is 0 Å². The van der Waals surface area contributed by atoms with Gasteiger partial charge >= 0.3 is 6.03 Å². The zero-order chi connectivity index (χ0) is 19.9. The molecule has 28 heavy (non-hydrogen) atoms. The van der Waals surface area contributed by atoms with Gasteiger partial charge in [0.15, 0.2) is 0 Å². The molecule has 5 nitrogen and oxygen atoms in total. The first-order valence-electron chi connectivity index (χ1n) is 9.37. The minimum atomic E-state index is -0.459.